The summed E-state index contributed by atoms with van der Waals surface area (Å²) in [5.41, 5.74) is 0. The van der Waals surface area contributed by atoms with Crippen molar-refractivity contribution in [3.05, 3.63) is 12.5 Å². The molecular formula is C13H23N3O4S. The summed E-state index contributed by atoms with van der Waals surface area (Å²) in [6.45, 7) is 4.31. The molecule has 2 N–H and O–H groups in total. The molecule has 1 unspecified atom stereocenters. The van der Waals surface area contributed by atoms with E-state index in [9.17, 15) is 13.2 Å². The van der Waals surface area contributed by atoms with Crippen molar-refractivity contribution < 1.29 is 18.3 Å². The lowest BCUT2D eigenvalue weighted by Crippen LogP contribution is -2.27. The maximum absolute atomic E-state index is 12.0. The van der Waals surface area contributed by atoms with E-state index in [4.69, 9.17) is 5.11 Å². The average Bonchev–Trinajstić information content (AvgIpc) is 2.80. The van der Waals surface area contributed by atoms with Crippen molar-refractivity contribution in [1.82, 2.24) is 14.3 Å². The Labute approximate surface area is 125 Å². The molecule has 0 aliphatic rings. The lowest BCUT2D eigenvalue weighted by atomic mass is 9.88. The zero-order chi connectivity index (χ0) is 16.0. The highest BCUT2D eigenvalue weighted by Gasteiger charge is 2.19. The number of imidazole rings is 1. The molecular weight excluding hydrogens is 294 g/mol. The zero-order valence-corrected chi connectivity index (χ0v) is 13.4. The molecule has 1 atom stereocenters. The topological polar surface area (TPSA) is 101 Å². The van der Waals surface area contributed by atoms with Gasteiger partial charge < -0.3 is 9.67 Å². The second-order valence-electron chi connectivity index (χ2n) is 5.50. The Hall–Kier alpha value is -1.41. The Kier molecular flexibility index (Phi) is 6.35. The van der Waals surface area contributed by atoms with Crippen molar-refractivity contribution in [1.29, 1.82) is 0 Å². The Morgan fingerprint density at radius 3 is 2.57 bits per heavy atom. The first-order valence-corrected chi connectivity index (χ1v) is 8.40. The summed E-state index contributed by atoms with van der Waals surface area (Å²) in [6, 6.07) is 0. The van der Waals surface area contributed by atoms with Crippen LogP contribution in [0.2, 0.25) is 0 Å². The van der Waals surface area contributed by atoms with Crippen LogP contribution >= 0.6 is 0 Å². The van der Waals surface area contributed by atoms with Gasteiger partial charge in [-0.1, -0.05) is 13.8 Å². The van der Waals surface area contributed by atoms with Gasteiger partial charge in [-0.05, 0) is 24.7 Å². The standard InChI is InChI=1S/C13H23N3O4S/c1-10(2)11(4-5-13(17)18)6-7-15-21(19,20)12-8-16(3)9-14-12/h8-11,15H,4-7H2,1-3H3,(H,17,18). The Morgan fingerprint density at radius 1 is 1.43 bits per heavy atom. The Bertz CT molecular complexity index is 566. The molecule has 1 aromatic heterocycles. The third-order valence-corrected chi connectivity index (χ3v) is 4.78. The summed E-state index contributed by atoms with van der Waals surface area (Å²) in [5.74, 6) is -0.342. The van der Waals surface area contributed by atoms with Crippen LogP contribution in [-0.2, 0) is 21.9 Å². The van der Waals surface area contributed by atoms with Gasteiger partial charge in [-0.3, -0.25) is 4.79 Å². The minimum absolute atomic E-state index is 0.00312. The van der Waals surface area contributed by atoms with Gasteiger partial charge in [0.1, 0.15) is 0 Å². The first-order chi connectivity index (χ1) is 9.72. The summed E-state index contributed by atoms with van der Waals surface area (Å²) in [7, 11) is -1.89. The molecule has 1 rings (SSSR count). The van der Waals surface area contributed by atoms with Crippen LogP contribution in [0.1, 0.15) is 33.1 Å². The highest BCUT2D eigenvalue weighted by atomic mass is 32.2. The zero-order valence-electron chi connectivity index (χ0n) is 12.6. The number of aromatic nitrogens is 2. The molecule has 0 saturated carbocycles. The van der Waals surface area contributed by atoms with Crippen LogP contribution in [0.4, 0.5) is 0 Å². The van der Waals surface area contributed by atoms with Crippen molar-refractivity contribution in [2.45, 2.75) is 38.1 Å². The van der Waals surface area contributed by atoms with Gasteiger partial charge in [-0.25, -0.2) is 18.1 Å². The number of nitrogens with one attached hydrogen (secondary N) is 1. The summed E-state index contributed by atoms with van der Waals surface area (Å²) < 4.78 is 28.0. The number of sulfonamides is 1. The molecule has 120 valence electrons. The predicted octanol–water partition coefficient (Wildman–Crippen LogP) is 1.23. The van der Waals surface area contributed by atoms with Crippen LogP contribution in [0, 0.1) is 11.8 Å². The van der Waals surface area contributed by atoms with Crippen LogP contribution in [0.25, 0.3) is 0 Å². The van der Waals surface area contributed by atoms with Gasteiger partial charge in [-0.2, -0.15) is 0 Å². The van der Waals surface area contributed by atoms with E-state index in [-0.39, 0.29) is 23.9 Å². The fourth-order valence-corrected chi connectivity index (χ4v) is 3.13. The van der Waals surface area contributed by atoms with Crippen LogP contribution in [0.5, 0.6) is 0 Å². The normalized spacial score (nSPS) is 13.5. The van der Waals surface area contributed by atoms with Crippen LogP contribution in [0.15, 0.2) is 17.6 Å². The van der Waals surface area contributed by atoms with Crippen molar-refractivity contribution in [2.75, 3.05) is 6.54 Å². The average molecular weight is 317 g/mol. The lowest BCUT2D eigenvalue weighted by Gasteiger charge is -2.20. The summed E-state index contributed by atoms with van der Waals surface area (Å²) in [5, 5.41) is 8.72. The molecule has 0 spiro atoms. The highest BCUT2D eigenvalue weighted by molar-refractivity contribution is 7.89. The minimum atomic E-state index is -3.59. The largest absolute Gasteiger partial charge is 0.481 e. The van der Waals surface area contributed by atoms with E-state index < -0.39 is 16.0 Å². The van der Waals surface area contributed by atoms with Gasteiger partial charge in [-0.15, -0.1) is 0 Å². The maximum Gasteiger partial charge on any atom is 0.303 e. The van der Waals surface area contributed by atoms with Crippen molar-refractivity contribution >= 4 is 16.0 Å². The van der Waals surface area contributed by atoms with E-state index in [1.165, 1.54) is 12.5 Å². The SMILES string of the molecule is CC(C)C(CCNS(=O)(=O)c1cn(C)cn1)CCC(=O)O. The van der Waals surface area contributed by atoms with E-state index in [1.807, 2.05) is 13.8 Å². The summed E-state index contributed by atoms with van der Waals surface area (Å²) in [6.07, 6.45) is 4.14. The number of hydrogen-bond donors (Lipinski definition) is 2. The van der Waals surface area contributed by atoms with E-state index >= 15 is 0 Å². The van der Waals surface area contributed by atoms with Crippen molar-refractivity contribution in [3.8, 4) is 0 Å². The lowest BCUT2D eigenvalue weighted by molar-refractivity contribution is -0.137. The number of nitrogens with zero attached hydrogens (tertiary/aromatic N) is 2. The number of rotatable bonds is 9. The molecule has 21 heavy (non-hydrogen) atoms. The van der Waals surface area contributed by atoms with Gasteiger partial charge in [0.15, 0.2) is 5.03 Å². The van der Waals surface area contributed by atoms with E-state index in [0.717, 1.165) is 0 Å². The minimum Gasteiger partial charge on any atom is -0.481 e. The molecule has 0 aromatic carbocycles. The quantitative estimate of drug-likeness (QED) is 0.713. The molecule has 0 amide bonds. The third-order valence-electron chi connectivity index (χ3n) is 3.44. The molecule has 0 fully saturated rings. The second-order valence-corrected chi connectivity index (χ2v) is 7.21. The molecule has 0 saturated heterocycles. The number of carbonyl (C=O) groups is 1. The Morgan fingerprint density at radius 2 is 2.10 bits per heavy atom. The van der Waals surface area contributed by atoms with Crippen LogP contribution < -0.4 is 4.72 Å². The summed E-state index contributed by atoms with van der Waals surface area (Å²) >= 11 is 0. The molecule has 0 bridgehead atoms. The van der Waals surface area contributed by atoms with Crippen molar-refractivity contribution in [2.24, 2.45) is 18.9 Å². The number of aryl methyl sites for hydroxylation is 1. The number of carboxylic acid groups (broad SMARTS) is 1. The molecule has 0 aliphatic carbocycles. The van der Waals surface area contributed by atoms with Crippen molar-refractivity contribution in [3.63, 3.8) is 0 Å². The first kappa shape index (κ1) is 17.6. The number of carboxylic acids is 1. The third kappa shape index (κ3) is 5.84. The van der Waals surface area contributed by atoms with E-state index in [0.29, 0.717) is 18.8 Å². The predicted molar refractivity (Wildman–Crippen MR) is 78.2 cm³/mol. The van der Waals surface area contributed by atoms with E-state index in [1.54, 1.807) is 11.6 Å². The molecule has 0 aliphatic heterocycles. The molecule has 1 heterocycles. The van der Waals surface area contributed by atoms with E-state index in [2.05, 4.69) is 9.71 Å². The fraction of sp³-hybridized carbons (Fsp3) is 0.692. The molecule has 0 radical (unpaired) electrons. The number of hydrogen-bond acceptors (Lipinski definition) is 4. The van der Waals surface area contributed by atoms with Crippen LogP contribution in [0.3, 0.4) is 0 Å². The van der Waals surface area contributed by atoms with Crippen LogP contribution in [-0.4, -0.2) is 35.6 Å². The van der Waals surface area contributed by atoms with Gasteiger partial charge in [0, 0.05) is 26.2 Å². The van der Waals surface area contributed by atoms with Gasteiger partial charge >= 0.3 is 5.97 Å². The van der Waals surface area contributed by atoms with Gasteiger partial charge in [0.25, 0.3) is 10.0 Å². The monoisotopic (exact) mass is 317 g/mol. The summed E-state index contributed by atoms with van der Waals surface area (Å²) in [4.78, 5) is 14.4. The Balaban J connectivity index is 2.51. The smallest absolute Gasteiger partial charge is 0.303 e. The maximum atomic E-state index is 12.0. The molecule has 8 heteroatoms. The van der Waals surface area contributed by atoms with Gasteiger partial charge in [0.2, 0.25) is 0 Å². The first-order valence-electron chi connectivity index (χ1n) is 6.92. The second kappa shape index (κ2) is 7.56. The number of aliphatic carboxylic acids is 1. The fourth-order valence-electron chi connectivity index (χ4n) is 2.10. The molecule has 7 nitrogen and oxygen atoms in total. The molecule has 1 aromatic rings. The highest BCUT2D eigenvalue weighted by Crippen LogP contribution is 2.20. The van der Waals surface area contributed by atoms with Gasteiger partial charge in [0.05, 0.1) is 6.33 Å².